The summed E-state index contributed by atoms with van der Waals surface area (Å²) in [6.07, 6.45) is 4.32. The normalized spacial score (nSPS) is 49.9. The maximum atomic E-state index is 5.20. The second-order valence-electron chi connectivity index (χ2n) is 3.36. The zero-order chi connectivity index (χ0) is 5.61. The molecular formula is C6H12N2. The van der Waals surface area contributed by atoms with Crippen molar-refractivity contribution in [2.24, 2.45) is 17.2 Å². The van der Waals surface area contributed by atoms with Crippen molar-refractivity contribution >= 4 is 0 Å². The fraction of sp³-hybridized carbons (Fsp3) is 1.00. The predicted octanol–water partition coefficient (Wildman–Crippen LogP) is 0.250. The minimum Gasteiger partial charge on any atom is -0.271 e. The second-order valence-corrected chi connectivity index (χ2v) is 3.36. The van der Waals surface area contributed by atoms with Crippen molar-refractivity contribution in [1.82, 2.24) is 5.43 Å². The molecule has 0 saturated heterocycles. The summed E-state index contributed by atoms with van der Waals surface area (Å²) < 4.78 is 0. The average Bonchev–Trinajstić information content (AvgIpc) is 1.50. The summed E-state index contributed by atoms with van der Waals surface area (Å²) in [5, 5.41) is 0. The van der Waals surface area contributed by atoms with Crippen LogP contribution in [0.25, 0.3) is 0 Å². The van der Waals surface area contributed by atoms with Gasteiger partial charge in [-0.15, -0.1) is 0 Å². The topological polar surface area (TPSA) is 38.0 Å². The highest BCUT2D eigenvalue weighted by atomic mass is 15.2. The molecule has 3 fully saturated rings. The van der Waals surface area contributed by atoms with Gasteiger partial charge in [-0.2, -0.15) is 0 Å². The highest BCUT2D eigenvalue weighted by molar-refractivity contribution is 5.07. The monoisotopic (exact) mass is 112 g/mol. The molecule has 46 valence electrons. The van der Waals surface area contributed by atoms with E-state index in [-0.39, 0.29) is 0 Å². The lowest BCUT2D eigenvalue weighted by Gasteiger charge is -2.62. The third-order valence-electron chi connectivity index (χ3n) is 2.64. The van der Waals surface area contributed by atoms with Crippen LogP contribution in [0.2, 0.25) is 0 Å². The Morgan fingerprint density at radius 1 is 1.50 bits per heavy atom. The van der Waals surface area contributed by atoms with Gasteiger partial charge in [0.05, 0.1) is 0 Å². The molecule has 2 heteroatoms. The van der Waals surface area contributed by atoms with E-state index in [1.165, 1.54) is 19.3 Å². The van der Waals surface area contributed by atoms with Crippen molar-refractivity contribution in [1.29, 1.82) is 0 Å². The molecule has 0 aromatic heterocycles. The van der Waals surface area contributed by atoms with Crippen molar-refractivity contribution in [3.8, 4) is 0 Å². The molecule has 8 heavy (non-hydrogen) atoms. The Bertz CT molecular complexity index is 94.1. The maximum Gasteiger partial charge on any atom is 0.0154 e. The fourth-order valence-electron chi connectivity index (χ4n) is 2.09. The highest BCUT2D eigenvalue weighted by Gasteiger charge is 2.55. The molecule has 0 aliphatic heterocycles. The summed E-state index contributed by atoms with van der Waals surface area (Å²) in [6, 6.07) is 0. The second kappa shape index (κ2) is 1.25. The first-order valence-electron chi connectivity index (χ1n) is 3.28. The lowest BCUT2D eigenvalue weighted by Crippen LogP contribution is -2.57. The Balaban J connectivity index is 1.87. The highest BCUT2D eigenvalue weighted by Crippen LogP contribution is 2.63. The number of hydrogen-bond donors (Lipinski definition) is 2. The van der Waals surface area contributed by atoms with E-state index in [9.17, 15) is 0 Å². The lowest BCUT2D eigenvalue weighted by molar-refractivity contribution is -0.102. The molecule has 3 aliphatic rings. The largest absolute Gasteiger partial charge is 0.271 e. The average molecular weight is 112 g/mol. The van der Waals surface area contributed by atoms with Gasteiger partial charge >= 0.3 is 0 Å². The van der Waals surface area contributed by atoms with Crippen LogP contribution in [-0.4, -0.2) is 6.54 Å². The van der Waals surface area contributed by atoms with Gasteiger partial charge in [0.1, 0.15) is 0 Å². The van der Waals surface area contributed by atoms with Gasteiger partial charge < -0.3 is 0 Å². The molecule has 3 saturated carbocycles. The molecule has 2 bridgehead atoms. The summed E-state index contributed by atoms with van der Waals surface area (Å²) in [5.74, 6) is 6.29. The molecule has 0 heterocycles. The Labute approximate surface area is 49.4 Å². The zero-order valence-electron chi connectivity index (χ0n) is 4.98. The van der Waals surface area contributed by atoms with Crippen molar-refractivity contribution in [2.75, 3.05) is 6.54 Å². The van der Waals surface area contributed by atoms with E-state index in [4.69, 9.17) is 5.84 Å². The van der Waals surface area contributed by atoms with Crippen molar-refractivity contribution in [2.45, 2.75) is 19.3 Å². The Morgan fingerprint density at radius 3 is 2.25 bits per heavy atom. The predicted molar refractivity (Wildman–Crippen MR) is 32.0 cm³/mol. The summed E-state index contributed by atoms with van der Waals surface area (Å²) >= 11 is 0. The van der Waals surface area contributed by atoms with Gasteiger partial charge in [0.25, 0.3) is 0 Å². The smallest absolute Gasteiger partial charge is 0.0154 e. The van der Waals surface area contributed by atoms with Gasteiger partial charge in [-0.1, -0.05) is 0 Å². The number of rotatable bonds is 2. The molecule has 0 amide bonds. The quantitative estimate of drug-likeness (QED) is 0.397. The number of hydrazine groups is 1. The van der Waals surface area contributed by atoms with E-state index < -0.39 is 0 Å². The van der Waals surface area contributed by atoms with Crippen LogP contribution in [0.5, 0.6) is 0 Å². The fourth-order valence-corrected chi connectivity index (χ4v) is 2.09. The minimum atomic E-state index is 0.680. The molecule has 3 aliphatic carbocycles. The van der Waals surface area contributed by atoms with Crippen molar-refractivity contribution < 1.29 is 0 Å². The van der Waals surface area contributed by atoms with Crippen LogP contribution >= 0.6 is 0 Å². The maximum absolute atomic E-state index is 5.20. The minimum absolute atomic E-state index is 0.680. The Morgan fingerprint density at radius 2 is 2.12 bits per heavy atom. The molecule has 0 atom stereocenters. The Hall–Kier alpha value is -0.0800. The lowest BCUT2D eigenvalue weighted by atomic mass is 9.44. The Kier molecular flexibility index (Phi) is 0.746. The van der Waals surface area contributed by atoms with Crippen LogP contribution in [0.15, 0.2) is 0 Å². The number of nitrogens with one attached hydrogen (secondary N) is 1. The summed E-state index contributed by atoms with van der Waals surface area (Å²) in [7, 11) is 0. The third-order valence-corrected chi connectivity index (χ3v) is 2.64. The zero-order valence-corrected chi connectivity index (χ0v) is 4.98. The SMILES string of the molecule is NNCC12CC(C1)C2. The van der Waals surface area contributed by atoms with E-state index in [2.05, 4.69) is 5.43 Å². The third kappa shape index (κ3) is 0.400. The van der Waals surface area contributed by atoms with Gasteiger partial charge in [0.2, 0.25) is 0 Å². The van der Waals surface area contributed by atoms with Crippen molar-refractivity contribution in [3.63, 3.8) is 0 Å². The summed E-state index contributed by atoms with van der Waals surface area (Å²) in [6.45, 7) is 1.05. The van der Waals surface area contributed by atoms with Crippen LogP contribution in [-0.2, 0) is 0 Å². The summed E-state index contributed by atoms with van der Waals surface area (Å²) in [5.41, 5.74) is 3.43. The van der Waals surface area contributed by atoms with Crippen LogP contribution in [0.1, 0.15) is 19.3 Å². The van der Waals surface area contributed by atoms with Crippen LogP contribution in [0, 0.1) is 11.3 Å². The molecule has 0 aromatic carbocycles. The van der Waals surface area contributed by atoms with E-state index in [0.717, 1.165) is 12.5 Å². The first-order valence-corrected chi connectivity index (χ1v) is 3.28. The van der Waals surface area contributed by atoms with Gasteiger partial charge in [-0.25, -0.2) is 0 Å². The molecule has 0 unspecified atom stereocenters. The van der Waals surface area contributed by atoms with Crippen molar-refractivity contribution in [3.05, 3.63) is 0 Å². The van der Waals surface area contributed by atoms with E-state index in [0.29, 0.717) is 5.41 Å². The van der Waals surface area contributed by atoms with Crippen LogP contribution in [0.4, 0.5) is 0 Å². The molecule has 0 radical (unpaired) electrons. The molecule has 0 spiro atoms. The molecule has 3 N–H and O–H groups in total. The van der Waals surface area contributed by atoms with E-state index >= 15 is 0 Å². The molecule has 2 nitrogen and oxygen atoms in total. The first kappa shape index (κ1) is 4.77. The molecule has 3 rings (SSSR count). The van der Waals surface area contributed by atoms with Gasteiger partial charge in [-0.05, 0) is 30.6 Å². The number of hydrogen-bond acceptors (Lipinski definition) is 2. The van der Waals surface area contributed by atoms with Gasteiger partial charge in [0, 0.05) is 6.54 Å². The first-order chi connectivity index (χ1) is 3.85. The summed E-state index contributed by atoms with van der Waals surface area (Å²) in [4.78, 5) is 0. The van der Waals surface area contributed by atoms with E-state index in [1.807, 2.05) is 0 Å². The molecular weight excluding hydrogens is 100 g/mol. The van der Waals surface area contributed by atoms with E-state index in [1.54, 1.807) is 0 Å². The van der Waals surface area contributed by atoms with Crippen LogP contribution in [0.3, 0.4) is 0 Å². The molecule has 0 aromatic rings. The number of nitrogens with two attached hydrogens (primary N) is 1. The van der Waals surface area contributed by atoms with Gasteiger partial charge in [0.15, 0.2) is 0 Å². The van der Waals surface area contributed by atoms with Gasteiger partial charge in [-0.3, -0.25) is 11.3 Å². The van der Waals surface area contributed by atoms with Crippen LogP contribution < -0.4 is 11.3 Å². The standard InChI is InChI=1S/C6H12N2/c7-8-4-6-1-5(2-6)3-6/h5,8H,1-4,7H2.